The second kappa shape index (κ2) is 8.72. The van der Waals surface area contributed by atoms with Gasteiger partial charge in [-0.2, -0.15) is 0 Å². The molecule has 0 radical (unpaired) electrons. The summed E-state index contributed by atoms with van der Waals surface area (Å²) in [6.07, 6.45) is 1.85. The number of carbonyl (C=O) groups is 1. The van der Waals surface area contributed by atoms with Crippen LogP contribution in [0.1, 0.15) is 18.2 Å². The zero-order valence-corrected chi connectivity index (χ0v) is 13.8. The molecular weight excluding hydrogens is 332 g/mol. The fourth-order valence-electron chi connectivity index (χ4n) is 2.45. The number of methoxy groups -OCH3 is 1. The number of rotatable bonds is 7. The van der Waals surface area contributed by atoms with Crippen LogP contribution in [-0.4, -0.2) is 59.6 Å². The molecule has 1 aliphatic rings. The van der Waals surface area contributed by atoms with Crippen molar-refractivity contribution in [2.45, 2.75) is 24.9 Å². The maximum absolute atomic E-state index is 12.0. The summed E-state index contributed by atoms with van der Waals surface area (Å²) in [5.74, 6) is -0.407. The first-order valence-corrected chi connectivity index (χ1v) is 7.80. The van der Waals surface area contributed by atoms with Crippen LogP contribution >= 0.6 is 0 Å². The third-order valence-corrected chi connectivity index (χ3v) is 3.70. The van der Waals surface area contributed by atoms with Gasteiger partial charge in [-0.05, 0) is 6.08 Å². The van der Waals surface area contributed by atoms with Gasteiger partial charge >= 0.3 is 5.69 Å². The highest BCUT2D eigenvalue weighted by Gasteiger charge is 2.35. The molecule has 10 heteroatoms. The number of hydrogen-bond donors (Lipinski definition) is 4. The zero-order chi connectivity index (χ0) is 18.4. The first kappa shape index (κ1) is 19.1. The molecule has 10 nitrogen and oxygen atoms in total. The number of ether oxygens (including phenoxy) is 2. The Morgan fingerprint density at radius 2 is 2.36 bits per heavy atom. The minimum absolute atomic E-state index is 0.107. The summed E-state index contributed by atoms with van der Waals surface area (Å²) in [5, 5.41) is 12.5. The average molecular weight is 354 g/mol. The maximum atomic E-state index is 12.0. The van der Waals surface area contributed by atoms with Crippen molar-refractivity contribution in [2.24, 2.45) is 5.73 Å². The van der Waals surface area contributed by atoms with Crippen molar-refractivity contribution in [3.63, 3.8) is 0 Å². The van der Waals surface area contributed by atoms with Crippen LogP contribution < -0.4 is 22.3 Å². The predicted octanol–water partition coefficient (Wildman–Crippen LogP) is -2.08. The number of nitrogens with two attached hydrogens (primary N) is 1. The molecular formula is C15H22N4O6. The Balaban J connectivity index is 2.21. The molecule has 0 aromatic carbocycles. The van der Waals surface area contributed by atoms with Gasteiger partial charge in [0.25, 0.3) is 5.56 Å². The molecule has 1 aromatic heterocycles. The number of nitrogens with zero attached hydrogens (tertiary/aromatic N) is 1. The van der Waals surface area contributed by atoms with Crippen molar-refractivity contribution in [3.05, 3.63) is 38.7 Å². The van der Waals surface area contributed by atoms with Crippen molar-refractivity contribution in [3.8, 4) is 0 Å². The molecule has 0 spiro atoms. The third-order valence-electron chi connectivity index (χ3n) is 3.70. The molecule has 5 N–H and O–H groups in total. The minimum Gasteiger partial charge on any atom is -0.390 e. The van der Waals surface area contributed by atoms with E-state index in [4.69, 9.17) is 15.2 Å². The fourth-order valence-corrected chi connectivity index (χ4v) is 2.45. The Hall–Kier alpha value is -2.27. The quantitative estimate of drug-likeness (QED) is 0.411. The second-order valence-electron chi connectivity index (χ2n) is 5.55. The average Bonchev–Trinajstić information content (AvgIpc) is 2.93. The number of aromatic nitrogens is 2. The Bertz CT molecular complexity index is 740. The van der Waals surface area contributed by atoms with Crippen molar-refractivity contribution >= 4 is 12.0 Å². The summed E-state index contributed by atoms with van der Waals surface area (Å²) in [6, 6.07) is 0. The molecule has 0 bridgehead atoms. The highest BCUT2D eigenvalue weighted by atomic mass is 16.6. The molecule has 1 saturated heterocycles. The molecule has 138 valence electrons. The maximum Gasteiger partial charge on any atom is 0.330 e. The van der Waals surface area contributed by atoms with E-state index in [9.17, 15) is 19.5 Å². The van der Waals surface area contributed by atoms with Crippen molar-refractivity contribution in [1.82, 2.24) is 14.9 Å². The lowest BCUT2D eigenvalue weighted by molar-refractivity contribution is -0.116. The van der Waals surface area contributed by atoms with Gasteiger partial charge in [0, 0.05) is 38.9 Å². The van der Waals surface area contributed by atoms with Gasteiger partial charge in [0.05, 0.1) is 18.3 Å². The molecule has 0 saturated carbocycles. The Morgan fingerprint density at radius 1 is 1.60 bits per heavy atom. The van der Waals surface area contributed by atoms with Gasteiger partial charge in [-0.3, -0.25) is 19.1 Å². The Labute approximate surface area is 143 Å². The lowest BCUT2D eigenvalue weighted by Gasteiger charge is -2.15. The number of aliphatic hydroxyl groups is 1. The minimum atomic E-state index is -0.787. The van der Waals surface area contributed by atoms with Gasteiger partial charge in [0.15, 0.2) is 0 Å². The van der Waals surface area contributed by atoms with E-state index in [2.05, 4.69) is 10.3 Å². The lowest BCUT2D eigenvalue weighted by Crippen LogP contribution is -2.33. The zero-order valence-electron chi connectivity index (χ0n) is 13.8. The van der Waals surface area contributed by atoms with E-state index in [-0.39, 0.29) is 18.6 Å². The standard InChI is InChI=1S/C15H22N4O6/c1-24-8-11-10(20)6-13(25-11)19-7-9(14(22)18-15(19)23)2-3-12(21)17-5-4-16/h2-3,7,10-11,13,20H,4-6,8,16H2,1H3,(H,17,21)(H,18,22,23)/b3-2+/t10-,11-,13-/m1/s1. The van der Waals surface area contributed by atoms with Crippen LogP contribution in [0.15, 0.2) is 21.9 Å². The summed E-state index contributed by atoms with van der Waals surface area (Å²) in [6.45, 7) is 0.798. The number of nitrogens with one attached hydrogen (secondary N) is 2. The predicted molar refractivity (Wildman–Crippen MR) is 88.8 cm³/mol. The SMILES string of the molecule is COC[C@H]1O[C@@H](n2cc(/C=C/C(=O)NCCN)c(=O)[nH]c2=O)C[C@H]1O. The molecule has 2 rings (SSSR count). The second-order valence-corrected chi connectivity index (χ2v) is 5.55. The number of aromatic amines is 1. The van der Waals surface area contributed by atoms with E-state index in [0.29, 0.717) is 13.1 Å². The topological polar surface area (TPSA) is 149 Å². The number of carbonyl (C=O) groups excluding carboxylic acids is 1. The van der Waals surface area contributed by atoms with Crippen LogP contribution in [0.5, 0.6) is 0 Å². The van der Waals surface area contributed by atoms with E-state index in [1.54, 1.807) is 0 Å². The van der Waals surface area contributed by atoms with E-state index in [0.717, 1.165) is 0 Å². The summed E-state index contributed by atoms with van der Waals surface area (Å²) in [4.78, 5) is 37.6. The van der Waals surface area contributed by atoms with Crippen molar-refractivity contribution in [2.75, 3.05) is 26.8 Å². The molecule has 25 heavy (non-hydrogen) atoms. The van der Waals surface area contributed by atoms with Gasteiger partial charge in [-0.15, -0.1) is 0 Å². The Kier molecular flexibility index (Phi) is 6.65. The van der Waals surface area contributed by atoms with Crippen LogP contribution in [-0.2, 0) is 14.3 Å². The van der Waals surface area contributed by atoms with Crippen molar-refractivity contribution in [1.29, 1.82) is 0 Å². The van der Waals surface area contributed by atoms with Crippen LogP contribution in [0.25, 0.3) is 6.08 Å². The molecule has 3 atom stereocenters. The lowest BCUT2D eigenvalue weighted by atomic mass is 10.2. The first-order chi connectivity index (χ1) is 12.0. The van der Waals surface area contributed by atoms with E-state index in [1.807, 2.05) is 0 Å². The molecule has 2 heterocycles. The highest BCUT2D eigenvalue weighted by Crippen LogP contribution is 2.27. The monoisotopic (exact) mass is 354 g/mol. The van der Waals surface area contributed by atoms with Gasteiger partial charge < -0.3 is 25.6 Å². The van der Waals surface area contributed by atoms with Gasteiger partial charge in [-0.25, -0.2) is 4.79 Å². The summed E-state index contributed by atoms with van der Waals surface area (Å²) >= 11 is 0. The van der Waals surface area contributed by atoms with Crippen LogP contribution in [0.2, 0.25) is 0 Å². The number of amides is 1. The summed E-state index contributed by atoms with van der Waals surface area (Å²) in [5.41, 5.74) is 4.10. The van der Waals surface area contributed by atoms with Gasteiger partial charge in [0.2, 0.25) is 5.91 Å². The normalized spacial score (nSPS) is 23.2. The largest absolute Gasteiger partial charge is 0.390 e. The fraction of sp³-hybridized carbons (Fsp3) is 0.533. The van der Waals surface area contributed by atoms with Gasteiger partial charge in [0.1, 0.15) is 12.3 Å². The highest BCUT2D eigenvalue weighted by molar-refractivity contribution is 5.91. The first-order valence-electron chi connectivity index (χ1n) is 7.80. The van der Waals surface area contributed by atoms with Gasteiger partial charge in [-0.1, -0.05) is 0 Å². The molecule has 1 aromatic rings. The molecule has 1 fully saturated rings. The smallest absolute Gasteiger partial charge is 0.330 e. The molecule has 1 amide bonds. The van der Waals surface area contributed by atoms with Crippen LogP contribution in [0.3, 0.4) is 0 Å². The molecule has 0 unspecified atom stereocenters. The van der Waals surface area contributed by atoms with Crippen molar-refractivity contribution < 1.29 is 19.4 Å². The number of hydrogen-bond acceptors (Lipinski definition) is 7. The summed E-state index contributed by atoms with van der Waals surface area (Å²) in [7, 11) is 1.48. The van der Waals surface area contributed by atoms with E-state index in [1.165, 1.54) is 30.0 Å². The van der Waals surface area contributed by atoms with Crippen LogP contribution in [0.4, 0.5) is 0 Å². The third kappa shape index (κ3) is 4.86. The van der Waals surface area contributed by atoms with E-state index < -0.39 is 35.6 Å². The number of H-pyrrole nitrogens is 1. The Morgan fingerprint density at radius 3 is 3.04 bits per heavy atom. The molecule has 0 aliphatic carbocycles. The summed E-state index contributed by atoms with van der Waals surface area (Å²) < 4.78 is 11.7. The van der Waals surface area contributed by atoms with E-state index >= 15 is 0 Å². The molecule has 1 aliphatic heterocycles. The van der Waals surface area contributed by atoms with Crippen LogP contribution in [0, 0.1) is 0 Å². The number of aliphatic hydroxyl groups excluding tert-OH is 1.